The highest BCUT2D eigenvalue weighted by atomic mass is 127. The van der Waals surface area contributed by atoms with Crippen LogP contribution < -0.4 is 15.4 Å². The van der Waals surface area contributed by atoms with Crippen molar-refractivity contribution in [1.29, 1.82) is 0 Å². The molecule has 2 aromatic carbocycles. The van der Waals surface area contributed by atoms with Crippen LogP contribution in [0.5, 0.6) is 0 Å². The molecule has 7 nitrogen and oxygen atoms in total. The number of aliphatic hydroxyl groups is 1. The Labute approximate surface area is 210 Å². The number of hydrogen-bond donors (Lipinski definition) is 4. The molecule has 2 atom stereocenters. The predicted octanol–water partition coefficient (Wildman–Crippen LogP) is 2.43. The van der Waals surface area contributed by atoms with E-state index in [9.17, 15) is 18.3 Å². The van der Waals surface area contributed by atoms with Crippen molar-refractivity contribution < 1.29 is 18.3 Å². The highest BCUT2D eigenvalue weighted by Crippen LogP contribution is 2.09. The summed E-state index contributed by atoms with van der Waals surface area (Å²) in [5, 5.41) is 17.0. The van der Waals surface area contributed by atoms with Crippen LogP contribution in [0, 0.1) is 9.49 Å². The fourth-order valence-electron chi connectivity index (χ4n) is 3.40. The number of carbonyl (C=O) groups excluding carboxylic acids is 1. The standard InChI is InChI=1S/C24H34IN3O4S/c1-18(2)17-33(31,32)27-12-11-24(30)28-22(14-19-7-4-3-5-8-19)23(29)16-26-15-20-9-6-10-21(25)13-20/h3-10,13,18,22-23,26-27,29H,11-12,14-17H2,1-2H3,(H,28,30)/t22-,23-/m0/s1. The molecule has 0 aliphatic heterocycles. The molecule has 2 rings (SSSR count). The van der Waals surface area contributed by atoms with Gasteiger partial charge in [0.15, 0.2) is 0 Å². The van der Waals surface area contributed by atoms with Gasteiger partial charge in [-0.25, -0.2) is 13.1 Å². The van der Waals surface area contributed by atoms with E-state index >= 15 is 0 Å². The second-order valence-electron chi connectivity index (χ2n) is 8.51. The zero-order valence-corrected chi connectivity index (χ0v) is 22.1. The van der Waals surface area contributed by atoms with E-state index in [1.807, 2.05) is 62.4 Å². The summed E-state index contributed by atoms with van der Waals surface area (Å²) in [4.78, 5) is 12.5. The number of carbonyl (C=O) groups is 1. The molecule has 0 bridgehead atoms. The first-order chi connectivity index (χ1) is 15.6. The summed E-state index contributed by atoms with van der Waals surface area (Å²) in [6.45, 7) is 4.60. The van der Waals surface area contributed by atoms with Gasteiger partial charge in [0.2, 0.25) is 15.9 Å². The molecule has 33 heavy (non-hydrogen) atoms. The lowest BCUT2D eigenvalue weighted by Crippen LogP contribution is -2.49. The Morgan fingerprint density at radius 3 is 2.42 bits per heavy atom. The average Bonchev–Trinajstić information content (AvgIpc) is 2.73. The van der Waals surface area contributed by atoms with Crippen molar-refractivity contribution in [3.8, 4) is 0 Å². The molecule has 0 fully saturated rings. The number of amides is 1. The minimum atomic E-state index is -3.40. The third-order valence-electron chi connectivity index (χ3n) is 4.91. The van der Waals surface area contributed by atoms with Gasteiger partial charge < -0.3 is 15.7 Å². The number of hydrogen-bond acceptors (Lipinski definition) is 5. The normalized spacial score (nSPS) is 13.6. The first-order valence-electron chi connectivity index (χ1n) is 11.1. The van der Waals surface area contributed by atoms with Gasteiger partial charge in [-0.2, -0.15) is 0 Å². The Balaban J connectivity index is 1.91. The molecule has 1 amide bonds. The number of rotatable bonds is 14. The molecule has 0 spiro atoms. The highest BCUT2D eigenvalue weighted by Gasteiger charge is 2.22. The Morgan fingerprint density at radius 1 is 1.06 bits per heavy atom. The molecule has 0 saturated carbocycles. The molecule has 4 N–H and O–H groups in total. The predicted molar refractivity (Wildman–Crippen MR) is 140 cm³/mol. The molecule has 2 aromatic rings. The first kappa shape index (κ1) is 27.7. The summed E-state index contributed by atoms with van der Waals surface area (Å²) in [7, 11) is -3.40. The lowest BCUT2D eigenvalue weighted by molar-refractivity contribution is -0.122. The minimum absolute atomic E-state index is 0.00517. The van der Waals surface area contributed by atoms with Crippen LogP contribution in [0.25, 0.3) is 0 Å². The second-order valence-corrected chi connectivity index (χ2v) is 11.6. The molecular weight excluding hydrogens is 553 g/mol. The molecule has 0 unspecified atom stereocenters. The first-order valence-corrected chi connectivity index (χ1v) is 13.8. The van der Waals surface area contributed by atoms with E-state index in [4.69, 9.17) is 0 Å². The van der Waals surface area contributed by atoms with Gasteiger partial charge in [0.25, 0.3) is 0 Å². The zero-order valence-electron chi connectivity index (χ0n) is 19.1. The van der Waals surface area contributed by atoms with E-state index < -0.39 is 22.2 Å². The van der Waals surface area contributed by atoms with Crippen LogP contribution in [-0.2, 0) is 27.8 Å². The van der Waals surface area contributed by atoms with E-state index in [2.05, 4.69) is 44.0 Å². The third-order valence-corrected chi connectivity index (χ3v) is 7.33. The van der Waals surface area contributed by atoms with E-state index in [1.54, 1.807) is 0 Å². The second kappa shape index (κ2) is 14.0. The van der Waals surface area contributed by atoms with Crippen molar-refractivity contribution in [2.24, 2.45) is 5.92 Å². The molecule has 0 saturated heterocycles. The Kier molecular flexibility index (Phi) is 11.8. The molecule has 0 aliphatic carbocycles. The minimum Gasteiger partial charge on any atom is -0.390 e. The zero-order chi connectivity index (χ0) is 24.3. The van der Waals surface area contributed by atoms with Crippen LogP contribution >= 0.6 is 22.6 Å². The van der Waals surface area contributed by atoms with Gasteiger partial charge in [0.05, 0.1) is 17.9 Å². The summed E-state index contributed by atoms with van der Waals surface area (Å²) in [6.07, 6.45) is -0.335. The molecule has 0 radical (unpaired) electrons. The Morgan fingerprint density at radius 2 is 1.76 bits per heavy atom. The van der Waals surface area contributed by atoms with Gasteiger partial charge in [0, 0.05) is 29.6 Å². The van der Waals surface area contributed by atoms with Gasteiger partial charge in [-0.05, 0) is 58.2 Å². The largest absolute Gasteiger partial charge is 0.390 e. The molecule has 9 heteroatoms. The summed E-state index contributed by atoms with van der Waals surface area (Å²) in [5.41, 5.74) is 2.11. The van der Waals surface area contributed by atoms with Crippen LogP contribution in [0.15, 0.2) is 54.6 Å². The summed E-state index contributed by atoms with van der Waals surface area (Å²) < 4.78 is 27.5. The van der Waals surface area contributed by atoms with Crippen LogP contribution in [0.4, 0.5) is 0 Å². The molecular formula is C24H34IN3O4S. The van der Waals surface area contributed by atoms with Crippen LogP contribution in [-0.4, -0.2) is 50.4 Å². The maximum Gasteiger partial charge on any atom is 0.221 e. The van der Waals surface area contributed by atoms with Gasteiger partial charge in [-0.1, -0.05) is 56.3 Å². The average molecular weight is 588 g/mol. The number of aliphatic hydroxyl groups excluding tert-OH is 1. The van der Waals surface area contributed by atoms with Crippen LogP contribution in [0.3, 0.4) is 0 Å². The van der Waals surface area contributed by atoms with E-state index in [0.717, 1.165) is 14.7 Å². The van der Waals surface area contributed by atoms with Crippen LogP contribution in [0.1, 0.15) is 31.4 Å². The Bertz CT molecular complexity index is 971. The van der Waals surface area contributed by atoms with E-state index in [1.165, 1.54) is 0 Å². The van der Waals surface area contributed by atoms with E-state index in [-0.39, 0.29) is 30.5 Å². The van der Waals surface area contributed by atoms with Crippen molar-refractivity contribution in [3.63, 3.8) is 0 Å². The van der Waals surface area contributed by atoms with Crippen molar-refractivity contribution in [2.75, 3.05) is 18.8 Å². The third kappa shape index (κ3) is 11.4. The fourth-order valence-corrected chi connectivity index (χ4v) is 5.42. The van der Waals surface area contributed by atoms with Gasteiger partial charge in [-0.3, -0.25) is 4.79 Å². The fraction of sp³-hybridized carbons (Fsp3) is 0.458. The summed E-state index contributed by atoms with van der Waals surface area (Å²) in [5.74, 6) is -0.274. The monoisotopic (exact) mass is 587 g/mol. The van der Waals surface area contributed by atoms with Gasteiger partial charge in [0.1, 0.15) is 0 Å². The molecule has 0 aliphatic rings. The van der Waals surface area contributed by atoms with Crippen molar-refractivity contribution >= 4 is 38.5 Å². The lowest BCUT2D eigenvalue weighted by atomic mass is 10.0. The summed E-state index contributed by atoms with van der Waals surface area (Å²) >= 11 is 2.26. The van der Waals surface area contributed by atoms with E-state index in [0.29, 0.717) is 19.5 Å². The van der Waals surface area contributed by atoms with Crippen LogP contribution in [0.2, 0.25) is 0 Å². The highest BCUT2D eigenvalue weighted by molar-refractivity contribution is 14.1. The van der Waals surface area contributed by atoms with Gasteiger partial charge >= 0.3 is 0 Å². The maximum absolute atomic E-state index is 12.5. The maximum atomic E-state index is 12.5. The Hall–Kier alpha value is -1.53. The topological polar surface area (TPSA) is 108 Å². The molecule has 182 valence electrons. The molecule has 0 heterocycles. The quantitative estimate of drug-likeness (QED) is 0.254. The lowest BCUT2D eigenvalue weighted by Gasteiger charge is -2.25. The van der Waals surface area contributed by atoms with Gasteiger partial charge in [-0.15, -0.1) is 0 Å². The van der Waals surface area contributed by atoms with Crippen molar-refractivity contribution in [2.45, 2.75) is 45.4 Å². The summed E-state index contributed by atoms with van der Waals surface area (Å²) in [6, 6.07) is 17.2. The van der Waals surface area contributed by atoms with Crippen molar-refractivity contribution in [1.82, 2.24) is 15.4 Å². The number of halogens is 1. The number of nitrogens with one attached hydrogen (secondary N) is 3. The number of sulfonamides is 1. The number of benzene rings is 2. The SMILES string of the molecule is CC(C)CS(=O)(=O)NCCC(=O)N[C@@H](Cc1ccccc1)[C@@H](O)CNCc1cccc(I)c1. The smallest absolute Gasteiger partial charge is 0.221 e. The van der Waals surface area contributed by atoms with Crippen molar-refractivity contribution in [3.05, 3.63) is 69.3 Å². The molecule has 0 aromatic heterocycles.